The SMILES string of the molecule is Cc1nc(C)nc(-c2cc(C)c(C)cc2O)n1. The third-order valence-corrected chi connectivity index (χ3v) is 2.71. The molecule has 1 heterocycles. The van der Waals surface area contributed by atoms with Crippen LogP contribution >= 0.6 is 0 Å². The molecule has 0 amide bonds. The van der Waals surface area contributed by atoms with Crippen molar-refractivity contribution in [1.82, 2.24) is 15.0 Å². The fraction of sp³-hybridized carbons (Fsp3) is 0.308. The van der Waals surface area contributed by atoms with Crippen LogP contribution in [0.4, 0.5) is 0 Å². The molecule has 2 rings (SSSR count). The molecule has 0 atom stereocenters. The summed E-state index contributed by atoms with van der Waals surface area (Å²) in [6.45, 7) is 7.59. The molecule has 2 aromatic rings. The van der Waals surface area contributed by atoms with E-state index in [9.17, 15) is 5.11 Å². The van der Waals surface area contributed by atoms with E-state index < -0.39 is 0 Å². The fourth-order valence-corrected chi connectivity index (χ4v) is 1.72. The summed E-state index contributed by atoms with van der Waals surface area (Å²) in [7, 11) is 0. The highest BCUT2D eigenvalue weighted by molar-refractivity contribution is 5.65. The maximum Gasteiger partial charge on any atom is 0.167 e. The minimum absolute atomic E-state index is 0.207. The van der Waals surface area contributed by atoms with Crippen LogP contribution in [0.1, 0.15) is 22.8 Å². The Morgan fingerprint density at radius 3 is 1.94 bits per heavy atom. The van der Waals surface area contributed by atoms with Gasteiger partial charge in [-0.3, -0.25) is 0 Å². The molecule has 88 valence electrons. The predicted octanol–water partition coefficient (Wildman–Crippen LogP) is 2.48. The first-order valence-electron chi connectivity index (χ1n) is 5.47. The maximum absolute atomic E-state index is 9.95. The van der Waals surface area contributed by atoms with Gasteiger partial charge in [-0.2, -0.15) is 0 Å². The summed E-state index contributed by atoms with van der Waals surface area (Å²) < 4.78 is 0. The van der Waals surface area contributed by atoms with Crippen LogP contribution in [0.25, 0.3) is 11.4 Å². The number of nitrogens with zero attached hydrogens (tertiary/aromatic N) is 3. The molecule has 0 aliphatic heterocycles. The van der Waals surface area contributed by atoms with E-state index in [-0.39, 0.29) is 5.75 Å². The molecule has 4 heteroatoms. The molecular formula is C13H15N3O. The van der Waals surface area contributed by atoms with Crippen molar-refractivity contribution in [3.05, 3.63) is 34.9 Å². The third kappa shape index (κ3) is 2.25. The number of rotatable bonds is 1. The van der Waals surface area contributed by atoms with Crippen molar-refractivity contribution >= 4 is 0 Å². The Morgan fingerprint density at radius 1 is 0.824 bits per heavy atom. The molecule has 0 aliphatic rings. The van der Waals surface area contributed by atoms with E-state index in [0.29, 0.717) is 23.0 Å². The Morgan fingerprint density at radius 2 is 1.35 bits per heavy atom. The maximum atomic E-state index is 9.95. The van der Waals surface area contributed by atoms with Crippen molar-refractivity contribution < 1.29 is 5.11 Å². The van der Waals surface area contributed by atoms with E-state index in [4.69, 9.17) is 0 Å². The molecule has 1 aromatic heterocycles. The molecule has 0 fully saturated rings. The lowest BCUT2D eigenvalue weighted by atomic mass is 10.0. The number of aryl methyl sites for hydroxylation is 4. The minimum Gasteiger partial charge on any atom is -0.507 e. The minimum atomic E-state index is 0.207. The lowest BCUT2D eigenvalue weighted by Crippen LogP contribution is -1.99. The number of aromatic nitrogens is 3. The van der Waals surface area contributed by atoms with Gasteiger partial charge in [-0.25, -0.2) is 15.0 Å². The van der Waals surface area contributed by atoms with E-state index in [2.05, 4.69) is 15.0 Å². The molecule has 0 saturated heterocycles. The van der Waals surface area contributed by atoms with Gasteiger partial charge in [0.05, 0.1) is 5.56 Å². The first-order chi connectivity index (χ1) is 7.97. The van der Waals surface area contributed by atoms with Crippen LogP contribution in [0, 0.1) is 27.7 Å². The van der Waals surface area contributed by atoms with Crippen LogP contribution in [-0.2, 0) is 0 Å². The summed E-state index contributed by atoms with van der Waals surface area (Å²) in [5.41, 5.74) is 2.81. The number of benzene rings is 1. The second kappa shape index (κ2) is 4.13. The number of phenolic OH excluding ortho intramolecular Hbond substituents is 1. The Balaban J connectivity index is 2.64. The van der Waals surface area contributed by atoms with Gasteiger partial charge in [0.1, 0.15) is 17.4 Å². The van der Waals surface area contributed by atoms with Crippen molar-refractivity contribution in [1.29, 1.82) is 0 Å². The van der Waals surface area contributed by atoms with Crippen LogP contribution in [0.15, 0.2) is 12.1 Å². The zero-order valence-electron chi connectivity index (χ0n) is 10.4. The predicted molar refractivity (Wildman–Crippen MR) is 65.9 cm³/mol. The number of aromatic hydroxyl groups is 1. The summed E-state index contributed by atoms with van der Waals surface area (Å²) in [5.74, 6) is 2.05. The van der Waals surface area contributed by atoms with Gasteiger partial charge in [-0.15, -0.1) is 0 Å². The van der Waals surface area contributed by atoms with Gasteiger partial charge in [0.25, 0.3) is 0 Å². The first-order valence-corrected chi connectivity index (χ1v) is 5.47. The summed E-state index contributed by atoms with van der Waals surface area (Å²) in [6, 6.07) is 3.64. The van der Waals surface area contributed by atoms with Gasteiger partial charge in [-0.1, -0.05) is 0 Å². The second-order valence-electron chi connectivity index (χ2n) is 4.21. The van der Waals surface area contributed by atoms with Crippen LogP contribution in [0.2, 0.25) is 0 Å². The molecule has 0 aliphatic carbocycles. The Labute approximate surface area is 100 Å². The number of hydrogen-bond donors (Lipinski definition) is 1. The van der Waals surface area contributed by atoms with E-state index in [0.717, 1.165) is 11.1 Å². The topological polar surface area (TPSA) is 58.9 Å². The first kappa shape index (κ1) is 11.5. The zero-order chi connectivity index (χ0) is 12.6. The Kier molecular flexibility index (Phi) is 2.79. The largest absolute Gasteiger partial charge is 0.507 e. The molecule has 1 aromatic carbocycles. The Hall–Kier alpha value is -1.97. The Bertz CT molecular complexity index is 559. The van der Waals surface area contributed by atoms with E-state index in [1.807, 2.05) is 33.8 Å². The molecule has 4 nitrogen and oxygen atoms in total. The van der Waals surface area contributed by atoms with Crippen molar-refractivity contribution in [2.24, 2.45) is 0 Å². The van der Waals surface area contributed by atoms with Gasteiger partial charge in [0.15, 0.2) is 5.82 Å². The molecule has 0 radical (unpaired) electrons. The van der Waals surface area contributed by atoms with Gasteiger partial charge in [0, 0.05) is 0 Å². The van der Waals surface area contributed by atoms with Crippen molar-refractivity contribution in [2.75, 3.05) is 0 Å². The summed E-state index contributed by atoms with van der Waals surface area (Å²) >= 11 is 0. The molecule has 1 N–H and O–H groups in total. The fourth-order valence-electron chi connectivity index (χ4n) is 1.72. The second-order valence-corrected chi connectivity index (χ2v) is 4.21. The van der Waals surface area contributed by atoms with Crippen molar-refractivity contribution in [2.45, 2.75) is 27.7 Å². The lowest BCUT2D eigenvalue weighted by molar-refractivity contribution is 0.476. The molecular weight excluding hydrogens is 214 g/mol. The van der Waals surface area contributed by atoms with E-state index in [1.165, 1.54) is 0 Å². The normalized spacial score (nSPS) is 10.6. The van der Waals surface area contributed by atoms with Crippen molar-refractivity contribution in [3.8, 4) is 17.1 Å². The summed E-state index contributed by atoms with van der Waals surface area (Å²) in [5, 5.41) is 9.95. The van der Waals surface area contributed by atoms with Crippen LogP contribution in [0.5, 0.6) is 5.75 Å². The lowest BCUT2D eigenvalue weighted by Gasteiger charge is -2.08. The third-order valence-electron chi connectivity index (χ3n) is 2.71. The van der Waals surface area contributed by atoms with E-state index in [1.54, 1.807) is 6.07 Å². The standard InChI is InChI=1S/C13H15N3O/c1-7-5-11(12(17)6-8(7)2)13-15-9(3)14-10(4)16-13/h5-6,17H,1-4H3. The molecule has 0 bridgehead atoms. The van der Waals surface area contributed by atoms with Crippen LogP contribution in [0.3, 0.4) is 0 Å². The highest BCUT2D eigenvalue weighted by Crippen LogP contribution is 2.29. The smallest absolute Gasteiger partial charge is 0.167 e. The number of hydrogen-bond acceptors (Lipinski definition) is 4. The summed E-state index contributed by atoms with van der Waals surface area (Å²) in [4.78, 5) is 12.6. The van der Waals surface area contributed by atoms with Crippen LogP contribution in [-0.4, -0.2) is 20.1 Å². The van der Waals surface area contributed by atoms with Crippen LogP contribution < -0.4 is 0 Å². The zero-order valence-corrected chi connectivity index (χ0v) is 10.4. The average molecular weight is 229 g/mol. The molecule has 17 heavy (non-hydrogen) atoms. The quantitative estimate of drug-likeness (QED) is 0.816. The van der Waals surface area contributed by atoms with Gasteiger partial charge in [0.2, 0.25) is 0 Å². The summed E-state index contributed by atoms with van der Waals surface area (Å²) in [6.07, 6.45) is 0. The molecule has 0 saturated carbocycles. The monoisotopic (exact) mass is 229 g/mol. The van der Waals surface area contributed by atoms with Gasteiger partial charge in [-0.05, 0) is 51.0 Å². The number of phenols is 1. The van der Waals surface area contributed by atoms with E-state index >= 15 is 0 Å². The van der Waals surface area contributed by atoms with Gasteiger partial charge >= 0.3 is 0 Å². The molecule has 0 unspecified atom stereocenters. The molecule has 0 spiro atoms. The highest BCUT2D eigenvalue weighted by atomic mass is 16.3. The van der Waals surface area contributed by atoms with Crippen molar-refractivity contribution in [3.63, 3.8) is 0 Å². The highest BCUT2D eigenvalue weighted by Gasteiger charge is 2.10. The average Bonchev–Trinajstić information content (AvgIpc) is 2.22. The van der Waals surface area contributed by atoms with Gasteiger partial charge < -0.3 is 5.11 Å².